The third-order valence-corrected chi connectivity index (χ3v) is 6.31. The van der Waals surface area contributed by atoms with Crippen molar-refractivity contribution in [2.45, 2.75) is 44.7 Å². The van der Waals surface area contributed by atoms with Crippen LogP contribution in [0.1, 0.15) is 31.2 Å². The monoisotopic (exact) mass is 398 g/mol. The first-order valence-electron chi connectivity index (χ1n) is 10.4. The van der Waals surface area contributed by atoms with Crippen molar-refractivity contribution >= 4 is 28.5 Å². The maximum atomic E-state index is 12.4. The zero-order valence-electron chi connectivity index (χ0n) is 17.1. The van der Waals surface area contributed by atoms with Gasteiger partial charge < -0.3 is 16.4 Å². The number of primary amides is 1. The van der Waals surface area contributed by atoms with Crippen LogP contribution in [0.25, 0.3) is 10.9 Å². The topological polar surface area (TPSA) is 105 Å². The minimum Gasteiger partial charge on any atom is -0.369 e. The van der Waals surface area contributed by atoms with Gasteiger partial charge in [-0.25, -0.2) is 0 Å². The van der Waals surface area contributed by atoms with Crippen LogP contribution in [-0.4, -0.2) is 58.2 Å². The van der Waals surface area contributed by atoms with Crippen LogP contribution < -0.4 is 16.4 Å². The molecule has 2 fully saturated rings. The third kappa shape index (κ3) is 4.22. The molecule has 0 radical (unpaired) electrons. The molecule has 29 heavy (non-hydrogen) atoms. The second-order valence-electron chi connectivity index (χ2n) is 8.47. The van der Waals surface area contributed by atoms with Crippen LogP contribution in [0.5, 0.6) is 0 Å². The first kappa shape index (κ1) is 19.7. The normalized spacial score (nSPS) is 23.0. The highest BCUT2D eigenvalue weighted by Crippen LogP contribution is 2.30. The van der Waals surface area contributed by atoms with Gasteiger partial charge in [0.25, 0.3) is 0 Å². The number of nitrogens with one attached hydrogen (secondary N) is 2. The Morgan fingerprint density at radius 3 is 2.62 bits per heavy atom. The SMILES string of the molecule is Cc1ccc2c(c1)c(NCC(=O)NC1CN(C3CCC(C(N)=O)CC3)C1)nn2C. The largest absolute Gasteiger partial charge is 0.369 e. The number of hydrogen-bond donors (Lipinski definition) is 3. The Kier molecular flexibility index (Phi) is 5.45. The van der Waals surface area contributed by atoms with Crippen LogP contribution in [0.2, 0.25) is 0 Å². The molecule has 156 valence electrons. The summed E-state index contributed by atoms with van der Waals surface area (Å²) in [6, 6.07) is 6.89. The Bertz CT molecular complexity index is 909. The highest BCUT2D eigenvalue weighted by atomic mass is 16.2. The van der Waals surface area contributed by atoms with Crippen molar-refractivity contribution in [2.75, 3.05) is 25.0 Å². The molecule has 1 aromatic heterocycles. The third-order valence-electron chi connectivity index (χ3n) is 6.31. The van der Waals surface area contributed by atoms with Crippen molar-refractivity contribution in [3.63, 3.8) is 0 Å². The molecule has 1 aromatic carbocycles. The van der Waals surface area contributed by atoms with E-state index in [2.05, 4.69) is 32.8 Å². The number of fused-ring (bicyclic) bond motifs is 1. The lowest BCUT2D eigenvalue weighted by atomic mass is 9.83. The van der Waals surface area contributed by atoms with Gasteiger partial charge in [0.05, 0.1) is 18.1 Å². The molecular weight excluding hydrogens is 368 g/mol. The Morgan fingerprint density at radius 2 is 1.93 bits per heavy atom. The lowest BCUT2D eigenvalue weighted by Gasteiger charge is -2.46. The van der Waals surface area contributed by atoms with Crippen molar-refractivity contribution in [3.8, 4) is 0 Å². The Labute approximate surface area is 170 Å². The lowest BCUT2D eigenvalue weighted by molar-refractivity contribution is -0.124. The fourth-order valence-corrected chi connectivity index (χ4v) is 4.58. The van der Waals surface area contributed by atoms with Gasteiger partial charge in [0.1, 0.15) is 0 Å². The standard InChI is InChI=1S/C21H30N6O2/c1-13-3-8-18-17(9-13)21(25-26(18)2)23-10-19(28)24-15-11-27(12-15)16-6-4-14(5-7-16)20(22)29/h3,8-9,14-16H,4-7,10-12H2,1-2H3,(H2,22,29)(H,23,25)(H,24,28). The number of likely N-dealkylation sites (tertiary alicyclic amines) is 1. The Morgan fingerprint density at radius 1 is 1.21 bits per heavy atom. The summed E-state index contributed by atoms with van der Waals surface area (Å²) in [5.74, 6) is 0.599. The Hall–Kier alpha value is -2.61. The van der Waals surface area contributed by atoms with E-state index in [9.17, 15) is 9.59 Å². The van der Waals surface area contributed by atoms with Crippen LogP contribution in [-0.2, 0) is 16.6 Å². The van der Waals surface area contributed by atoms with E-state index in [1.54, 1.807) is 0 Å². The number of hydrogen-bond acceptors (Lipinski definition) is 5. The number of carbonyl (C=O) groups excluding carboxylic acids is 2. The van der Waals surface area contributed by atoms with E-state index in [-0.39, 0.29) is 30.3 Å². The van der Waals surface area contributed by atoms with Gasteiger partial charge in [-0.2, -0.15) is 5.10 Å². The number of carbonyl (C=O) groups is 2. The summed E-state index contributed by atoms with van der Waals surface area (Å²) >= 11 is 0. The fourth-order valence-electron chi connectivity index (χ4n) is 4.58. The molecule has 0 bridgehead atoms. The van der Waals surface area contributed by atoms with E-state index >= 15 is 0 Å². The second-order valence-corrected chi connectivity index (χ2v) is 8.47. The second kappa shape index (κ2) is 8.02. The first-order chi connectivity index (χ1) is 13.9. The molecule has 2 amide bonds. The van der Waals surface area contributed by atoms with E-state index in [1.165, 1.54) is 0 Å². The number of aryl methyl sites for hydroxylation is 2. The molecule has 4 N–H and O–H groups in total. The van der Waals surface area contributed by atoms with Gasteiger partial charge in [-0.05, 0) is 44.7 Å². The average Bonchev–Trinajstić information content (AvgIpc) is 2.97. The van der Waals surface area contributed by atoms with Gasteiger partial charge in [0.15, 0.2) is 5.82 Å². The van der Waals surface area contributed by atoms with E-state index in [4.69, 9.17) is 5.73 Å². The Balaban J connectivity index is 1.22. The number of aromatic nitrogens is 2. The minimum absolute atomic E-state index is 0.0152. The molecule has 1 aliphatic carbocycles. The maximum Gasteiger partial charge on any atom is 0.239 e. The zero-order chi connectivity index (χ0) is 20.5. The molecule has 1 saturated heterocycles. The predicted molar refractivity (Wildman–Crippen MR) is 112 cm³/mol. The highest BCUT2D eigenvalue weighted by Gasteiger charge is 2.36. The highest BCUT2D eigenvalue weighted by molar-refractivity contribution is 5.92. The van der Waals surface area contributed by atoms with Gasteiger partial charge in [-0.1, -0.05) is 11.6 Å². The van der Waals surface area contributed by atoms with E-state index in [1.807, 2.05) is 24.7 Å². The van der Waals surface area contributed by atoms with E-state index in [0.29, 0.717) is 6.04 Å². The number of nitrogens with two attached hydrogens (primary N) is 1. The summed E-state index contributed by atoms with van der Waals surface area (Å²) in [5.41, 5.74) is 7.62. The minimum atomic E-state index is -0.166. The van der Waals surface area contributed by atoms with Crippen LogP contribution in [0, 0.1) is 12.8 Å². The van der Waals surface area contributed by atoms with Crippen molar-refractivity contribution in [1.29, 1.82) is 0 Å². The first-order valence-corrected chi connectivity index (χ1v) is 10.4. The zero-order valence-corrected chi connectivity index (χ0v) is 17.1. The van der Waals surface area contributed by atoms with Crippen LogP contribution >= 0.6 is 0 Å². The van der Waals surface area contributed by atoms with Crippen LogP contribution in [0.4, 0.5) is 5.82 Å². The maximum absolute atomic E-state index is 12.4. The molecule has 2 heterocycles. The number of anilines is 1. The number of nitrogens with zero attached hydrogens (tertiary/aromatic N) is 3. The molecule has 2 aromatic rings. The molecule has 0 spiro atoms. The average molecular weight is 399 g/mol. The predicted octanol–water partition coefficient (Wildman–Crippen LogP) is 1.14. The van der Waals surface area contributed by atoms with E-state index in [0.717, 1.165) is 61.1 Å². The van der Waals surface area contributed by atoms with Gasteiger partial charge in [0.2, 0.25) is 11.8 Å². The smallest absolute Gasteiger partial charge is 0.239 e. The quantitative estimate of drug-likeness (QED) is 0.677. The summed E-state index contributed by atoms with van der Waals surface area (Å²) in [7, 11) is 1.91. The van der Waals surface area contributed by atoms with Crippen molar-refractivity contribution in [1.82, 2.24) is 20.0 Å². The molecule has 0 atom stereocenters. The van der Waals surface area contributed by atoms with Crippen LogP contribution in [0.3, 0.4) is 0 Å². The fraction of sp³-hybridized carbons (Fsp3) is 0.571. The van der Waals surface area contributed by atoms with Crippen molar-refractivity contribution < 1.29 is 9.59 Å². The van der Waals surface area contributed by atoms with Crippen molar-refractivity contribution in [3.05, 3.63) is 23.8 Å². The summed E-state index contributed by atoms with van der Waals surface area (Å²) in [5, 5.41) is 11.8. The van der Waals surface area contributed by atoms with E-state index < -0.39 is 0 Å². The molecular formula is C21H30N6O2. The summed E-state index contributed by atoms with van der Waals surface area (Å²) in [4.78, 5) is 26.1. The molecule has 8 heteroatoms. The number of amides is 2. The van der Waals surface area contributed by atoms with Crippen molar-refractivity contribution in [2.24, 2.45) is 18.7 Å². The summed E-state index contributed by atoms with van der Waals surface area (Å²) in [6.45, 7) is 4.01. The summed E-state index contributed by atoms with van der Waals surface area (Å²) < 4.78 is 1.83. The van der Waals surface area contributed by atoms with Gasteiger partial charge >= 0.3 is 0 Å². The molecule has 1 aliphatic heterocycles. The summed E-state index contributed by atoms with van der Waals surface area (Å²) in [6.07, 6.45) is 3.80. The van der Waals surface area contributed by atoms with Gasteiger partial charge in [0, 0.05) is 37.5 Å². The molecule has 1 saturated carbocycles. The molecule has 0 unspecified atom stereocenters. The van der Waals surface area contributed by atoms with Gasteiger partial charge in [-0.15, -0.1) is 0 Å². The van der Waals surface area contributed by atoms with Gasteiger partial charge in [-0.3, -0.25) is 19.2 Å². The molecule has 4 rings (SSSR count). The number of benzene rings is 1. The lowest BCUT2D eigenvalue weighted by Crippen LogP contribution is -2.63. The molecule has 2 aliphatic rings. The molecule has 8 nitrogen and oxygen atoms in total. The number of rotatable bonds is 6. The van der Waals surface area contributed by atoms with Crippen LogP contribution in [0.15, 0.2) is 18.2 Å².